The summed E-state index contributed by atoms with van der Waals surface area (Å²) in [4.78, 5) is 0. The molecule has 2 aliphatic rings. The summed E-state index contributed by atoms with van der Waals surface area (Å²) in [6, 6.07) is 45.0. The molecule has 61 heavy (non-hydrogen) atoms. The summed E-state index contributed by atoms with van der Waals surface area (Å²) < 4.78 is 38.9. The van der Waals surface area contributed by atoms with Gasteiger partial charge >= 0.3 is 17.2 Å². The maximum Gasteiger partial charge on any atom is 0.397 e. The molecule has 6 nitrogen and oxygen atoms in total. The molecular formula is C53H62O6P2. The van der Waals surface area contributed by atoms with Crippen molar-refractivity contribution in [2.75, 3.05) is 26.4 Å². The average Bonchev–Trinajstić information content (AvgIpc) is 3.28. The Balaban J connectivity index is 1.06. The van der Waals surface area contributed by atoms with E-state index in [2.05, 4.69) is 208 Å². The highest BCUT2D eigenvalue weighted by molar-refractivity contribution is 7.42. The minimum Gasteiger partial charge on any atom is -0.426 e. The van der Waals surface area contributed by atoms with Gasteiger partial charge in [0.2, 0.25) is 0 Å². The molecule has 2 aliphatic heterocycles. The number of hydrogen-bond donors (Lipinski definition) is 0. The molecule has 2 heterocycles. The molecule has 0 amide bonds. The van der Waals surface area contributed by atoms with Crippen molar-refractivity contribution in [3.63, 3.8) is 0 Å². The third-order valence-electron chi connectivity index (χ3n) is 13.0. The maximum absolute atomic E-state index is 6.66. The lowest BCUT2D eigenvalue weighted by atomic mass is 9.73. The van der Waals surface area contributed by atoms with Crippen LogP contribution in [0.4, 0.5) is 0 Å². The second-order valence-corrected chi connectivity index (χ2v) is 20.9. The van der Waals surface area contributed by atoms with Crippen molar-refractivity contribution in [1.29, 1.82) is 0 Å². The average molecular weight is 857 g/mol. The highest BCUT2D eigenvalue weighted by atomic mass is 31.2. The van der Waals surface area contributed by atoms with E-state index in [9.17, 15) is 0 Å². The van der Waals surface area contributed by atoms with E-state index in [-0.39, 0.29) is 21.7 Å². The van der Waals surface area contributed by atoms with Crippen molar-refractivity contribution in [1.82, 2.24) is 0 Å². The molecule has 320 valence electrons. The molecule has 2 fully saturated rings. The van der Waals surface area contributed by atoms with E-state index < -0.39 is 22.6 Å². The smallest absolute Gasteiger partial charge is 0.397 e. The Morgan fingerprint density at radius 2 is 0.885 bits per heavy atom. The van der Waals surface area contributed by atoms with E-state index in [1.165, 1.54) is 33.4 Å². The summed E-state index contributed by atoms with van der Waals surface area (Å²) in [6.07, 6.45) is 6.32. The van der Waals surface area contributed by atoms with Gasteiger partial charge < -0.3 is 27.1 Å². The third kappa shape index (κ3) is 9.62. The summed E-state index contributed by atoms with van der Waals surface area (Å²) in [5.41, 5.74) is 7.91. The predicted molar refractivity (Wildman–Crippen MR) is 252 cm³/mol. The van der Waals surface area contributed by atoms with E-state index >= 15 is 0 Å². The summed E-state index contributed by atoms with van der Waals surface area (Å²) in [5, 5.41) is 0. The Kier molecular flexibility index (Phi) is 13.5. The number of rotatable bonds is 13. The molecule has 2 saturated heterocycles. The van der Waals surface area contributed by atoms with Gasteiger partial charge in [-0.05, 0) is 53.8 Å². The normalized spacial score (nSPS) is 20.5. The van der Waals surface area contributed by atoms with Crippen LogP contribution in [-0.2, 0) is 39.8 Å². The molecule has 0 aromatic heterocycles. The quantitative estimate of drug-likeness (QED) is 0.0868. The lowest BCUT2D eigenvalue weighted by Gasteiger charge is -2.42. The molecule has 5 aromatic carbocycles. The molecule has 1 spiro atoms. The third-order valence-corrected chi connectivity index (χ3v) is 15.1. The van der Waals surface area contributed by atoms with Gasteiger partial charge in [-0.15, -0.1) is 0 Å². The second-order valence-electron chi connectivity index (χ2n) is 18.6. The van der Waals surface area contributed by atoms with E-state index in [1.807, 2.05) is 6.92 Å². The van der Waals surface area contributed by atoms with Crippen LogP contribution in [0.3, 0.4) is 0 Å². The number of benzene rings is 5. The topological polar surface area (TPSA) is 55.4 Å². The molecule has 7 rings (SSSR count). The van der Waals surface area contributed by atoms with E-state index in [0.717, 1.165) is 22.6 Å². The molecule has 0 N–H and O–H groups in total. The zero-order chi connectivity index (χ0) is 43.5. The van der Waals surface area contributed by atoms with Crippen LogP contribution in [0.5, 0.6) is 11.5 Å². The van der Waals surface area contributed by atoms with Crippen molar-refractivity contribution in [2.45, 2.75) is 90.9 Å². The molecule has 0 saturated carbocycles. The molecular weight excluding hydrogens is 795 g/mol. The first-order valence-electron chi connectivity index (χ1n) is 21.3. The van der Waals surface area contributed by atoms with Crippen LogP contribution in [0, 0.1) is 5.41 Å². The van der Waals surface area contributed by atoms with Gasteiger partial charge in [0.1, 0.15) is 11.5 Å². The van der Waals surface area contributed by atoms with Crippen LogP contribution < -0.4 is 9.05 Å². The van der Waals surface area contributed by atoms with Gasteiger partial charge in [0.25, 0.3) is 0 Å². The fraction of sp³-hybridized carbons (Fsp3) is 0.358. The largest absolute Gasteiger partial charge is 0.426 e. The van der Waals surface area contributed by atoms with E-state index in [1.54, 1.807) is 0 Å². The molecule has 0 bridgehead atoms. The highest BCUT2D eigenvalue weighted by Crippen LogP contribution is 2.55. The Labute approximate surface area is 367 Å². The van der Waals surface area contributed by atoms with E-state index in [4.69, 9.17) is 27.1 Å². The molecule has 0 radical (unpaired) electrons. The molecule has 5 aromatic rings. The summed E-state index contributed by atoms with van der Waals surface area (Å²) in [5.74, 6) is 1.51. The highest BCUT2D eigenvalue weighted by Gasteiger charge is 2.46. The van der Waals surface area contributed by atoms with Crippen LogP contribution in [0.25, 0.3) is 0 Å². The standard InChI is InChI=1S/C53H62O6P2/c1-11-12-22-39(2)49(3,4)45-33-43(50(5,6)40-23-16-13-17-24-40)29-31-47(45)58-60-54-35-53(36-55-60)37-56-61(57-38-53)59-48-32-30-44(51(7,8)41-25-18-14-19-26-41)34-46(48)52(9,10)42-27-20-15-21-28-42/h11-34H,35-38H2,1-10H3/b12-11-,39-22+. The first-order chi connectivity index (χ1) is 29.1. The van der Waals surface area contributed by atoms with Gasteiger partial charge in [0.15, 0.2) is 0 Å². The first-order valence-corrected chi connectivity index (χ1v) is 23.5. The molecule has 0 unspecified atom stereocenters. The number of allylic oxidation sites excluding steroid dienone is 4. The number of hydrogen-bond acceptors (Lipinski definition) is 6. The first kappa shape index (κ1) is 44.9. The van der Waals surface area contributed by atoms with Crippen LogP contribution in [0.15, 0.2) is 151 Å². The van der Waals surface area contributed by atoms with Crippen LogP contribution in [-0.4, -0.2) is 26.4 Å². The second kappa shape index (κ2) is 18.3. The fourth-order valence-corrected chi connectivity index (χ4v) is 10.6. The minimum atomic E-state index is -1.67. The fourth-order valence-electron chi connectivity index (χ4n) is 8.04. The van der Waals surface area contributed by atoms with Gasteiger partial charge in [-0.2, -0.15) is 0 Å². The maximum atomic E-state index is 6.66. The minimum absolute atomic E-state index is 0.215. The zero-order valence-electron chi connectivity index (χ0n) is 37.5. The molecule has 8 heteroatoms. The van der Waals surface area contributed by atoms with Crippen molar-refractivity contribution >= 4 is 17.2 Å². The van der Waals surface area contributed by atoms with Crippen molar-refractivity contribution in [3.05, 3.63) is 190 Å². The molecule has 0 aliphatic carbocycles. The van der Waals surface area contributed by atoms with Gasteiger partial charge in [-0.25, -0.2) is 0 Å². The Morgan fingerprint density at radius 3 is 1.30 bits per heavy atom. The summed E-state index contributed by atoms with van der Waals surface area (Å²) in [7, 11) is -3.33. The Hall–Kier alpha value is -4.12. The van der Waals surface area contributed by atoms with Gasteiger partial charge in [0.05, 0.1) is 31.8 Å². The Morgan fingerprint density at radius 1 is 0.508 bits per heavy atom. The summed E-state index contributed by atoms with van der Waals surface area (Å²) in [6.45, 7) is 23.8. The lowest BCUT2D eigenvalue weighted by molar-refractivity contribution is -0.0673. The van der Waals surface area contributed by atoms with Crippen LogP contribution in [0.2, 0.25) is 0 Å². The SMILES string of the molecule is C/C=C\C=C(/C)C(C)(C)c1cc(C(C)(C)c2ccccc2)ccc1OP1OCC2(CO1)COP(Oc1ccc(C(C)(C)c3ccccc3)cc1C(C)(C)c1ccccc1)OC2. The van der Waals surface area contributed by atoms with Crippen molar-refractivity contribution < 1.29 is 27.1 Å². The van der Waals surface area contributed by atoms with Gasteiger partial charge in [-0.1, -0.05) is 194 Å². The zero-order valence-corrected chi connectivity index (χ0v) is 39.3. The Bertz CT molecular complexity index is 2300. The lowest BCUT2D eigenvalue weighted by Crippen LogP contribution is -2.45. The van der Waals surface area contributed by atoms with Crippen LogP contribution in [0.1, 0.15) is 108 Å². The molecule has 0 atom stereocenters. The monoisotopic (exact) mass is 856 g/mol. The predicted octanol–water partition coefficient (Wildman–Crippen LogP) is 14.5. The summed E-state index contributed by atoms with van der Waals surface area (Å²) >= 11 is 0. The van der Waals surface area contributed by atoms with E-state index in [0.29, 0.717) is 26.4 Å². The van der Waals surface area contributed by atoms with Crippen molar-refractivity contribution in [3.8, 4) is 11.5 Å². The van der Waals surface area contributed by atoms with Gasteiger partial charge in [-0.3, -0.25) is 0 Å². The van der Waals surface area contributed by atoms with Gasteiger partial charge in [0, 0.05) is 32.8 Å². The van der Waals surface area contributed by atoms with Crippen LogP contribution >= 0.6 is 17.2 Å². The van der Waals surface area contributed by atoms with Crippen molar-refractivity contribution in [2.24, 2.45) is 5.41 Å².